The van der Waals surface area contributed by atoms with Crippen molar-refractivity contribution in [3.05, 3.63) is 70.9 Å². The number of hydrogen-bond acceptors (Lipinski definition) is 5. The molecule has 1 unspecified atom stereocenters. The van der Waals surface area contributed by atoms with E-state index in [1.807, 2.05) is 66.0 Å². The molecule has 0 saturated carbocycles. The average Bonchev–Trinajstić information content (AvgIpc) is 3.37. The van der Waals surface area contributed by atoms with Gasteiger partial charge in [-0.25, -0.2) is 4.98 Å². The van der Waals surface area contributed by atoms with Crippen LogP contribution in [0.25, 0.3) is 20.8 Å². The van der Waals surface area contributed by atoms with Gasteiger partial charge < -0.3 is 10.6 Å². The van der Waals surface area contributed by atoms with Gasteiger partial charge in [0.05, 0.1) is 28.4 Å². The molecule has 2 N–H and O–H groups in total. The van der Waals surface area contributed by atoms with Gasteiger partial charge >= 0.3 is 0 Å². The first kappa shape index (κ1) is 19.3. The van der Waals surface area contributed by atoms with Crippen molar-refractivity contribution in [2.24, 2.45) is 0 Å². The van der Waals surface area contributed by atoms with Crippen molar-refractivity contribution in [1.29, 1.82) is 0 Å². The molecule has 0 spiro atoms. The van der Waals surface area contributed by atoms with Crippen molar-refractivity contribution in [2.75, 3.05) is 5.32 Å². The molecule has 29 heavy (non-hydrogen) atoms. The summed E-state index contributed by atoms with van der Waals surface area (Å²) in [5.41, 5.74) is 2.54. The molecule has 0 aliphatic rings. The molecule has 0 radical (unpaired) electrons. The minimum Gasteiger partial charge on any atom is -0.348 e. The zero-order valence-corrected chi connectivity index (χ0v) is 17.3. The minimum absolute atomic E-state index is 0.161. The molecule has 2 aromatic heterocycles. The third-order valence-corrected chi connectivity index (χ3v) is 6.43. The Morgan fingerprint density at radius 1 is 1.03 bits per heavy atom. The van der Waals surface area contributed by atoms with Crippen LogP contribution in [-0.2, 0) is 9.59 Å². The Labute approximate surface area is 176 Å². The van der Waals surface area contributed by atoms with Gasteiger partial charge in [0.25, 0.3) is 0 Å². The monoisotopic (exact) mass is 421 g/mol. The van der Waals surface area contributed by atoms with Crippen molar-refractivity contribution >= 4 is 50.4 Å². The van der Waals surface area contributed by atoms with Crippen molar-refractivity contribution in [1.82, 2.24) is 10.3 Å². The Kier molecular flexibility index (Phi) is 5.69. The van der Waals surface area contributed by atoms with Crippen LogP contribution in [-0.4, -0.2) is 16.8 Å². The lowest BCUT2D eigenvalue weighted by Crippen LogP contribution is -2.29. The lowest BCUT2D eigenvalue weighted by Gasteiger charge is -2.17. The predicted molar refractivity (Wildman–Crippen MR) is 119 cm³/mol. The standard InChI is InChI=1S/C22H19N3O2S2/c1-14(26)23-18(19-11-6-12-28-19)13-21(27)24-16-8-3-2-7-15(16)22-25-17-9-4-5-10-20(17)29-22/h2-12,18H,13H2,1H3,(H,23,26)(H,24,27). The highest BCUT2D eigenvalue weighted by molar-refractivity contribution is 7.21. The maximum absolute atomic E-state index is 12.8. The van der Waals surface area contributed by atoms with E-state index in [0.717, 1.165) is 25.7 Å². The number of thiophene rings is 1. The maximum Gasteiger partial charge on any atom is 0.226 e. The van der Waals surface area contributed by atoms with Crippen LogP contribution in [0.2, 0.25) is 0 Å². The SMILES string of the molecule is CC(=O)NC(CC(=O)Nc1ccccc1-c1nc2ccccc2s1)c1cccs1. The van der Waals surface area contributed by atoms with Gasteiger partial charge in [-0.05, 0) is 35.7 Å². The van der Waals surface area contributed by atoms with Crippen LogP contribution in [0.5, 0.6) is 0 Å². The summed E-state index contributed by atoms with van der Waals surface area (Å²) in [5.74, 6) is -0.322. The second-order valence-corrected chi connectivity index (χ2v) is 8.56. The smallest absolute Gasteiger partial charge is 0.226 e. The fraction of sp³-hybridized carbons (Fsp3) is 0.136. The van der Waals surface area contributed by atoms with Crippen LogP contribution in [0.15, 0.2) is 66.0 Å². The van der Waals surface area contributed by atoms with Crippen LogP contribution in [0.4, 0.5) is 5.69 Å². The minimum atomic E-state index is -0.345. The Morgan fingerprint density at radius 3 is 2.59 bits per heavy atom. The summed E-state index contributed by atoms with van der Waals surface area (Å²) < 4.78 is 1.10. The van der Waals surface area contributed by atoms with Crippen molar-refractivity contribution in [3.8, 4) is 10.6 Å². The molecule has 0 aliphatic carbocycles. The third-order valence-electron chi connectivity index (χ3n) is 4.38. The number of thiazole rings is 1. The van der Waals surface area contributed by atoms with E-state index in [9.17, 15) is 9.59 Å². The first-order valence-electron chi connectivity index (χ1n) is 9.15. The Hall–Kier alpha value is -3.03. The number of carbonyl (C=O) groups is 2. The van der Waals surface area contributed by atoms with Gasteiger partial charge in [0.1, 0.15) is 5.01 Å². The molecule has 0 fully saturated rings. The molecule has 4 rings (SSSR count). The summed E-state index contributed by atoms with van der Waals surface area (Å²) in [6, 6.07) is 19.1. The second-order valence-electron chi connectivity index (χ2n) is 6.55. The maximum atomic E-state index is 12.8. The number of hydrogen-bond donors (Lipinski definition) is 2. The molecule has 7 heteroatoms. The molecular formula is C22H19N3O2S2. The first-order chi connectivity index (χ1) is 14.1. The number of rotatable bonds is 6. The number of amides is 2. The van der Waals surface area contributed by atoms with Crippen LogP contribution in [0.1, 0.15) is 24.3 Å². The Bertz CT molecular complexity index is 1120. The van der Waals surface area contributed by atoms with Gasteiger partial charge in [0.15, 0.2) is 0 Å². The molecule has 2 heterocycles. The summed E-state index contributed by atoms with van der Waals surface area (Å²) in [6.45, 7) is 1.46. The molecule has 0 aliphatic heterocycles. The number of fused-ring (bicyclic) bond motifs is 1. The zero-order valence-electron chi connectivity index (χ0n) is 15.7. The van der Waals surface area contributed by atoms with Crippen LogP contribution in [0.3, 0.4) is 0 Å². The number of para-hydroxylation sites is 2. The zero-order chi connectivity index (χ0) is 20.2. The second kappa shape index (κ2) is 8.55. The highest BCUT2D eigenvalue weighted by Gasteiger charge is 2.19. The highest BCUT2D eigenvalue weighted by Crippen LogP contribution is 2.34. The lowest BCUT2D eigenvalue weighted by atomic mass is 10.1. The van der Waals surface area contributed by atoms with Gasteiger partial charge in [-0.1, -0.05) is 30.3 Å². The number of aromatic nitrogens is 1. The quantitative estimate of drug-likeness (QED) is 0.448. The molecule has 1 atom stereocenters. The molecule has 5 nitrogen and oxygen atoms in total. The molecule has 0 bridgehead atoms. The molecular weight excluding hydrogens is 402 g/mol. The van der Waals surface area contributed by atoms with E-state index in [-0.39, 0.29) is 24.3 Å². The molecule has 2 amide bonds. The summed E-state index contributed by atoms with van der Waals surface area (Å²) >= 11 is 3.11. The van der Waals surface area contributed by atoms with E-state index in [0.29, 0.717) is 5.69 Å². The number of anilines is 1. The van der Waals surface area contributed by atoms with E-state index >= 15 is 0 Å². The summed E-state index contributed by atoms with van der Waals surface area (Å²) in [4.78, 5) is 30.0. The largest absolute Gasteiger partial charge is 0.348 e. The first-order valence-corrected chi connectivity index (χ1v) is 10.8. The van der Waals surface area contributed by atoms with Crippen LogP contribution < -0.4 is 10.6 Å². The van der Waals surface area contributed by atoms with Gasteiger partial charge in [-0.3, -0.25) is 9.59 Å². The Balaban J connectivity index is 1.56. The normalized spacial score (nSPS) is 11.9. The van der Waals surface area contributed by atoms with E-state index < -0.39 is 0 Å². The fourth-order valence-electron chi connectivity index (χ4n) is 3.11. The van der Waals surface area contributed by atoms with Gasteiger partial charge in [0.2, 0.25) is 11.8 Å². The predicted octanol–water partition coefficient (Wildman–Crippen LogP) is 5.23. The van der Waals surface area contributed by atoms with Crippen molar-refractivity contribution in [3.63, 3.8) is 0 Å². The number of carbonyl (C=O) groups excluding carboxylic acids is 2. The Morgan fingerprint density at radius 2 is 1.83 bits per heavy atom. The molecule has 2 aromatic carbocycles. The van der Waals surface area contributed by atoms with Crippen LogP contribution >= 0.6 is 22.7 Å². The summed E-state index contributed by atoms with van der Waals surface area (Å²) in [7, 11) is 0. The molecule has 146 valence electrons. The fourth-order valence-corrected chi connectivity index (χ4v) is 4.89. The number of nitrogens with one attached hydrogen (secondary N) is 2. The van der Waals surface area contributed by atoms with E-state index in [1.165, 1.54) is 18.3 Å². The van der Waals surface area contributed by atoms with E-state index in [4.69, 9.17) is 4.98 Å². The van der Waals surface area contributed by atoms with Gasteiger partial charge in [-0.15, -0.1) is 22.7 Å². The van der Waals surface area contributed by atoms with Crippen molar-refractivity contribution in [2.45, 2.75) is 19.4 Å². The third kappa shape index (κ3) is 4.52. The highest BCUT2D eigenvalue weighted by atomic mass is 32.1. The summed E-state index contributed by atoms with van der Waals surface area (Å²) in [5, 5.41) is 8.66. The molecule has 4 aromatic rings. The topological polar surface area (TPSA) is 71.1 Å². The van der Waals surface area contributed by atoms with E-state index in [2.05, 4.69) is 10.6 Å². The van der Waals surface area contributed by atoms with Crippen LogP contribution in [0, 0.1) is 0 Å². The molecule has 0 saturated heterocycles. The lowest BCUT2D eigenvalue weighted by molar-refractivity contribution is -0.120. The van der Waals surface area contributed by atoms with Gasteiger partial charge in [-0.2, -0.15) is 0 Å². The average molecular weight is 422 g/mol. The van der Waals surface area contributed by atoms with Crippen molar-refractivity contribution < 1.29 is 9.59 Å². The summed E-state index contributed by atoms with van der Waals surface area (Å²) in [6.07, 6.45) is 0.161. The van der Waals surface area contributed by atoms with Gasteiger partial charge in [0, 0.05) is 17.4 Å². The number of benzene rings is 2. The number of nitrogens with zero attached hydrogens (tertiary/aromatic N) is 1. The van der Waals surface area contributed by atoms with E-state index in [1.54, 1.807) is 11.3 Å².